The number of hydrogen-bond donors (Lipinski definition) is 4. The number of esters is 2. The van der Waals surface area contributed by atoms with Crippen LogP contribution >= 0.6 is 0 Å². The Bertz CT molecular complexity index is 2440. The van der Waals surface area contributed by atoms with Crippen molar-refractivity contribution in [2.45, 2.75) is 402 Å². The molecule has 1 atom stereocenters. The number of phenols is 3. The molecule has 538 valence electrons. The third-order valence-corrected chi connectivity index (χ3v) is 24.0. The first-order chi connectivity index (χ1) is 47.1. The van der Waals surface area contributed by atoms with Crippen molar-refractivity contribution in [3.63, 3.8) is 0 Å². The van der Waals surface area contributed by atoms with Crippen LogP contribution in [0.25, 0.3) is 0 Å². The molecule has 0 radical (unpaired) electrons. The zero-order valence-corrected chi connectivity index (χ0v) is 60.8. The fraction of sp³-hybridized carbons (Fsp3) is 0.759. The van der Waals surface area contributed by atoms with Crippen molar-refractivity contribution in [1.29, 1.82) is 0 Å². The van der Waals surface area contributed by atoms with Crippen molar-refractivity contribution in [2.75, 3.05) is 13.2 Å². The number of aliphatic carboxylic acids is 1. The quantitative estimate of drug-likeness (QED) is 0.0323. The first kappa shape index (κ1) is 77.2. The van der Waals surface area contributed by atoms with Crippen LogP contribution in [-0.2, 0) is 43.1 Å². The Morgan fingerprint density at radius 1 is 0.344 bits per heavy atom. The molecule has 0 aromatic heterocycles. The van der Waals surface area contributed by atoms with Crippen molar-refractivity contribution < 1.29 is 44.3 Å². The van der Waals surface area contributed by atoms with Crippen molar-refractivity contribution in [3.8, 4) is 17.2 Å². The van der Waals surface area contributed by atoms with Crippen LogP contribution in [0.1, 0.15) is 433 Å². The van der Waals surface area contributed by atoms with Gasteiger partial charge in [-0.15, -0.1) is 0 Å². The highest BCUT2D eigenvalue weighted by atomic mass is 16.5. The number of ether oxygens (including phenoxy) is 2. The summed E-state index contributed by atoms with van der Waals surface area (Å²) >= 11 is 0. The van der Waals surface area contributed by atoms with Gasteiger partial charge in [0.2, 0.25) is 0 Å². The summed E-state index contributed by atoms with van der Waals surface area (Å²) < 4.78 is 11.2. The second-order valence-corrected chi connectivity index (χ2v) is 31.6. The molecule has 0 bridgehead atoms. The number of carboxylic acid groups (broad SMARTS) is 1. The molecule has 9 rings (SSSR count). The number of carboxylic acids is 1. The third kappa shape index (κ3) is 26.5. The minimum atomic E-state index is -0.650. The van der Waals surface area contributed by atoms with Gasteiger partial charge in [-0.2, -0.15) is 0 Å². The topological polar surface area (TPSA) is 151 Å². The van der Waals surface area contributed by atoms with Crippen LogP contribution in [0.5, 0.6) is 17.2 Å². The summed E-state index contributed by atoms with van der Waals surface area (Å²) in [6, 6.07) is 13.1. The zero-order valence-electron chi connectivity index (χ0n) is 60.8. The Morgan fingerprint density at radius 2 is 0.583 bits per heavy atom. The number of hydrogen-bond acceptors (Lipinski definition) is 8. The number of rotatable bonds is 39. The van der Waals surface area contributed by atoms with Gasteiger partial charge in [-0.3, -0.25) is 14.4 Å². The van der Waals surface area contributed by atoms with E-state index >= 15 is 0 Å². The van der Waals surface area contributed by atoms with Gasteiger partial charge in [0.25, 0.3) is 0 Å². The SMILES string of the molecule is CCCCCCCCCCCCCCCCCCC(Cc1cc(C2CCCCC2)c(O)c(C2CCCCC2)c1)C(=O)O.O=C(CCc1cc(C2CCCCC2)c(O)c(C2CCCCC2)c1)OCCCCCCOC(=O)CCc1cc(C2CCCCC2)c(O)c(C2CCCCC2)c1. The van der Waals surface area contributed by atoms with Gasteiger partial charge in [0.15, 0.2) is 0 Å². The number of carbonyl (C=O) groups excluding carboxylic acids is 2. The molecule has 6 aliphatic rings. The van der Waals surface area contributed by atoms with E-state index in [4.69, 9.17) is 9.47 Å². The summed E-state index contributed by atoms with van der Waals surface area (Å²) in [7, 11) is 0. The van der Waals surface area contributed by atoms with Crippen LogP contribution in [0.2, 0.25) is 0 Å². The standard InChI is InChI=1S/C48H70O6.C39H66O3/c49-45(27-25-35-31-41(37-17-7-3-8-18-37)47(51)42(32-35)38-19-9-4-10-20-38)53-29-15-1-2-16-30-54-46(50)28-26-36-33-43(39-21-11-5-12-22-39)48(52)44(34-36)40-23-13-6-14-24-40;1-2-3-4-5-6-7-8-9-10-11-12-13-14-15-16-19-28-35(39(41)42)29-32-30-36(33-24-20-17-21-25-33)38(40)37(31-32)34-26-22-18-23-27-34/h31-34,37-40,51-52H,1-30H2;30-31,33-35,40H,2-29H2,1H3,(H,41,42). The van der Waals surface area contributed by atoms with Crippen LogP contribution in [0, 0.1) is 5.92 Å². The molecule has 6 fully saturated rings. The highest BCUT2D eigenvalue weighted by Gasteiger charge is 2.30. The predicted molar refractivity (Wildman–Crippen MR) is 395 cm³/mol. The van der Waals surface area contributed by atoms with Gasteiger partial charge in [-0.1, -0.05) is 262 Å². The molecule has 4 N–H and O–H groups in total. The number of benzene rings is 3. The normalized spacial score (nSPS) is 18.6. The maximum absolute atomic E-state index is 12.7. The number of aryl methyl sites for hydroxylation is 2. The molecular weight excluding hydrogens is 1190 g/mol. The summed E-state index contributed by atoms with van der Waals surface area (Å²) in [5.74, 6) is 2.94. The van der Waals surface area contributed by atoms with E-state index in [0.29, 0.717) is 98.1 Å². The summed E-state index contributed by atoms with van der Waals surface area (Å²) in [6.07, 6.45) is 64.7. The maximum atomic E-state index is 12.7. The van der Waals surface area contributed by atoms with Crippen LogP contribution in [0.15, 0.2) is 36.4 Å². The van der Waals surface area contributed by atoms with Crippen LogP contribution in [-0.4, -0.2) is 51.5 Å². The highest BCUT2D eigenvalue weighted by Crippen LogP contribution is 2.48. The highest BCUT2D eigenvalue weighted by molar-refractivity contribution is 5.71. The van der Waals surface area contributed by atoms with Crippen molar-refractivity contribution in [3.05, 3.63) is 86.5 Å². The third-order valence-electron chi connectivity index (χ3n) is 24.0. The second-order valence-electron chi connectivity index (χ2n) is 31.6. The average Bonchev–Trinajstić information content (AvgIpc) is 0.819. The lowest BCUT2D eigenvalue weighted by Crippen LogP contribution is -2.17. The first-order valence-corrected chi connectivity index (χ1v) is 41.2. The Kier molecular flexibility index (Phi) is 35.8. The smallest absolute Gasteiger partial charge is 0.306 e. The first-order valence-electron chi connectivity index (χ1n) is 41.2. The molecule has 3 aromatic rings. The molecule has 1 unspecified atom stereocenters. The van der Waals surface area contributed by atoms with E-state index < -0.39 is 5.97 Å². The Balaban J connectivity index is 0.000000254. The number of aromatic hydroxyl groups is 3. The molecule has 0 amide bonds. The van der Waals surface area contributed by atoms with E-state index in [1.54, 1.807) is 0 Å². The molecule has 9 heteroatoms. The molecule has 0 saturated heterocycles. The molecule has 6 aliphatic carbocycles. The van der Waals surface area contributed by atoms with E-state index in [1.807, 2.05) is 0 Å². The van der Waals surface area contributed by atoms with Crippen LogP contribution < -0.4 is 0 Å². The second kappa shape index (κ2) is 44.6. The molecule has 3 aromatic carbocycles. The van der Waals surface area contributed by atoms with Crippen molar-refractivity contribution in [2.24, 2.45) is 5.92 Å². The van der Waals surface area contributed by atoms with Gasteiger partial charge < -0.3 is 29.9 Å². The fourth-order valence-electron chi connectivity index (χ4n) is 18.1. The molecule has 0 spiro atoms. The summed E-state index contributed by atoms with van der Waals surface area (Å²) in [6.45, 7) is 3.13. The van der Waals surface area contributed by atoms with Crippen molar-refractivity contribution in [1.82, 2.24) is 0 Å². The molecule has 96 heavy (non-hydrogen) atoms. The van der Waals surface area contributed by atoms with E-state index in [9.17, 15) is 34.8 Å². The van der Waals surface area contributed by atoms with Gasteiger partial charge in [0, 0.05) is 12.8 Å². The van der Waals surface area contributed by atoms with E-state index in [0.717, 1.165) is 172 Å². The Hall–Kier alpha value is -4.53. The van der Waals surface area contributed by atoms with Gasteiger partial charge in [-0.25, -0.2) is 0 Å². The molecule has 0 heterocycles. The molecular formula is C87H136O9. The lowest BCUT2D eigenvalue weighted by Gasteiger charge is -2.28. The van der Waals surface area contributed by atoms with E-state index in [2.05, 4.69) is 43.3 Å². The largest absolute Gasteiger partial charge is 0.507 e. The van der Waals surface area contributed by atoms with Crippen LogP contribution in [0.4, 0.5) is 0 Å². The predicted octanol–water partition coefficient (Wildman–Crippen LogP) is 24.9. The molecule has 9 nitrogen and oxygen atoms in total. The van der Waals surface area contributed by atoms with Gasteiger partial charge in [0.05, 0.1) is 19.1 Å². The average molecular weight is 1330 g/mol. The van der Waals surface area contributed by atoms with Crippen molar-refractivity contribution >= 4 is 17.9 Å². The molecule has 6 saturated carbocycles. The van der Waals surface area contributed by atoms with Gasteiger partial charge in [-0.05, 0) is 214 Å². The van der Waals surface area contributed by atoms with Gasteiger partial charge in [0.1, 0.15) is 17.2 Å². The number of carbonyl (C=O) groups is 3. The monoisotopic (exact) mass is 1330 g/mol. The molecule has 0 aliphatic heterocycles. The number of phenolic OH excluding ortho intramolecular Hbond substituents is 3. The zero-order chi connectivity index (χ0) is 67.4. The van der Waals surface area contributed by atoms with E-state index in [1.165, 1.54) is 205 Å². The van der Waals surface area contributed by atoms with E-state index in [-0.39, 0.29) is 17.9 Å². The summed E-state index contributed by atoms with van der Waals surface area (Å²) in [5, 5.41) is 44.3. The van der Waals surface area contributed by atoms with Gasteiger partial charge >= 0.3 is 17.9 Å². The lowest BCUT2D eigenvalue weighted by molar-refractivity contribution is -0.145. The Labute approximate surface area is 584 Å². The van der Waals surface area contributed by atoms with Crippen LogP contribution in [0.3, 0.4) is 0 Å². The number of unbranched alkanes of at least 4 members (excludes halogenated alkanes) is 18. The minimum Gasteiger partial charge on any atom is -0.507 e. The minimum absolute atomic E-state index is 0.152. The summed E-state index contributed by atoms with van der Waals surface area (Å²) in [5.41, 5.74) is 10.2. The fourth-order valence-corrected chi connectivity index (χ4v) is 18.1. The lowest BCUT2D eigenvalue weighted by atomic mass is 9.77. The maximum Gasteiger partial charge on any atom is 0.306 e. The Morgan fingerprint density at radius 3 is 0.844 bits per heavy atom. The summed E-state index contributed by atoms with van der Waals surface area (Å²) in [4.78, 5) is 37.7.